The van der Waals surface area contributed by atoms with E-state index in [0.29, 0.717) is 5.50 Å². The van der Waals surface area contributed by atoms with Crippen molar-refractivity contribution in [1.82, 2.24) is 0 Å². The summed E-state index contributed by atoms with van der Waals surface area (Å²) in [6, 6.07) is 6.10. The zero-order valence-corrected chi connectivity index (χ0v) is 10.7. The molecule has 1 aromatic rings. The molecule has 0 nitrogen and oxygen atoms in total. The van der Waals surface area contributed by atoms with Gasteiger partial charge < -0.3 is 0 Å². The first-order valence-corrected chi connectivity index (χ1v) is 8.70. The minimum Gasteiger partial charge on any atom is -0.207 e. The molecule has 3 heteroatoms. The lowest BCUT2D eigenvalue weighted by atomic mass is 10.1. The maximum atomic E-state index is 13.4. The predicted octanol–water partition coefficient (Wildman–Crippen LogP) is 3.70. The van der Waals surface area contributed by atoms with Gasteiger partial charge in [-0.2, -0.15) is 0 Å². The van der Waals surface area contributed by atoms with Gasteiger partial charge in [-0.15, -0.1) is 11.6 Å². The Morgan fingerprint density at radius 2 is 2.00 bits per heavy atom. The van der Waals surface area contributed by atoms with Crippen LogP contribution in [0.5, 0.6) is 0 Å². The molecular formula is C11H16ClFSi. The summed E-state index contributed by atoms with van der Waals surface area (Å²) in [5, 5.41) is 0. The third-order valence-corrected chi connectivity index (χ3v) is 6.46. The molecule has 14 heavy (non-hydrogen) atoms. The fraction of sp³-hybridized carbons (Fsp3) is 0.455. The average Bonchev–Trinajstić information content (AvgIpc) is 2.11. The van der Waals surface area contributed by atoms with Crippen molar-refractivity contribution in [3.05, 3.63) is 35.1 Å². The molecule has 0 radical (unpaired) electrons. The van der Waals surface area contributed by atoms with E-state index < -0.39 is 8.07 Å². The number of benzene rings is 1. The first kappa shape index (κ1) is 11.7. The second-order valence-electron chi connectivity index (χ2n) is 4.57. The van der Waals surface area contributed by atoms with E-state index in [0.717, 1.165) is 17.2 Å². The van der Waals surface area contributed by atoms with Crippen molar-refractivity contribution in [3.8, 4) is 0 Å². The molecule has 1 rings (SSSR count). The van der Waals surface area contributed by atoms with Gasteiger partial charge >= 0.3 is 0 Å². The van der Waals surface area contributed by atoms with E-state index in [1.165, 1.54) is 0 Å². The predicted molar refractivity (Wildman–Crippen MR) is 63.0 cm³/mol. The Kier molecular flexibility index (Phi) is 3.73. The van der Waals surface area contributed by atoms with E-state index in [9.17, 15) is 4.39 Å². The Morgan fingerprint density at radius 1 is 1.36 bits per heavy atom. The molecule has 1 aromatic carbocycles. The zero-order valence-electron chi connectivity index (χ0n) is 8.90. The van der Waals surface area contributed by atoms with Crippen LogP contribution >= 0.6 is 11.6 Å². The van der Waals surface area contributed by atoms with Crippen LogP contribution in [0, 0.1) is 12.7 Å². The van der Waals surface area contributed by atoms with Crippen LogP contribution in [0.15, 0.2) is 18.2 Å². The minimum absolute atomic E-state index is 0.0960. The van der Waals surface area contributed by atoms with E-state index in [-0.39, 0.29) is 5.82 Å². The number of halogens is 2. The smallest absolute Gasteiger partial charge is 0.126 e. The second-order valence-corrected chi connectivity index (χ2v) is 10.3. The largest absolute Gasteiger partial charge is 0.207 e. The molecule has 0 aromatic heterocycles. The lowest BCUT2D eigenvalue weighted by Crippen LogP contribution is -2.32. The maximum Gasteiger partial charge on any atom is 0.126 e. The van der Waals surface area contributed by atoms with Gasteiger partial charge in [0, 0.05) is 5.50 Å². The highest BCUT2D eigenvalue weighted by Crippen LogP contribution is 2.17. The standard InChI is InChI=1S/C11H16ClFSi/c1-9-4-5-11(13)10(6-9)7-14(2,3)8-12/h4-6H,7-8H2,1-3H3. The zero-order chi connectivity index (χ0) is 10.8. The van der Waals surface area contributed by atoms with Gasteiger partial charge in [-0.3, -0.25) is 0 Å². The van der Waals surface area contributed by atoms with Crippen molar-refractivity contribution in [1.29, 1.82) is 0 Å². The van der Waals surface area contributed by atoms with Crippen molar-refractivity contribution in [2.45, 2.75) is 26.1 Å². The highest BCUT2D eigenvalue weighted by atomic mass is 35.5. The van der Waals surface area contributed by atoms with Crippen LogP contribution in [0.4, 0.5) is 4.39 Å². The van der Waals surface area contributed by atoms with Gasteiger partial charge in [-0.1, -0.05) is 30.8 Å². The molecule has 0 fully saturated rings. The molecule has 0 atom stereocenters. The molecule has 0 aliphatic heterocycles. The Bertz CT molecular complexity index is 323. The number of alkyl halides is 1. The number of hydrogen-bond acceptors (Lipinski definition) is 0. The molecular weight excluding hydrogens is 215 g/mol. The summed E-state index contributed by atoms with van der Waals surface area (Å²) >= 11 is 5.87. The van der Waals surface area contributed by atoms with Gasteiger partial charge in [0.2, 0.25) is 0 Å². The molecule has 0 bridgehead atoms. The topological polar surface area (TPSA) is 0 Å². The van der Waals surface area contributed by atoms with Crippen LogP contribution in [0.2, 0.25) is 13.1 Å². The van der Waals surface area contributed by atoms with Gasteiger partial charge in [-0.05, 0) is 24.6 Å². The van der Waals surface area contributed by atoms with Gasteiger partial charge in [0.05, 0.1) is 8.07 Å². The molecule has 0 amide bonds. The van der Waals surface area contributed by atoms with Gasteiger partial charge in [0.15, 0.2) is 0 Å². The Morgan fingerprint density at radius 3 is 2.57 bits per heavy atom. The van der Waals surface area contributed by atoms with Crippen LogP contribution in [0.25, 0.3) is 0 Å². The summed E-state index contributed by atoms with van der Waals surface area (Å²) in [5.74, 6) is -0.0960. The molecule has 0 N–H and O–H groups in total. The Hall–Kier alpha value is -0.343. The molecule has 0 aliphatic carbocycles. The average molecular weight is 231 g/mol. The van der Waals surface area contributed by atoms with Crippen LogP contribution in [0.1, 0.15) is 11.1 Å². The van der Waals surface area contributed by atoms with Crippen LogP contribution in [-0.4, -0.2) is 13.6 Å². The van der Waals surface area contributed by atoms with Crippen molar-refractivity contribution >= 4 is 19.7 Å². The normalized spacial score (nSPS) is 11.8. The van der Waals surface area contributed by atoms with Crippen LogP contribution in [0.3, 0.4) is 0 Å². The van der Waals surface area contributed by atoms with Crippen molar-refractivity contribution in [3.63, 3.8) is 0 Å². The molecule has 0 unspecified atom stereocenters. The van der Waals surface area contributed by atoms with Crippen molar-refractivity contribution in [2.75, 3.05) is 5.50 Å². The van der Waals surface area contributed by atoms with Gasteiger partial charge in [0.1, 0.15) is 5.82 Å². The Balaban J connectivity index is 2.91. The first-order chi connectivity index (χ1) is 6.44. The number of hydrogen-bond donors (Lipinski definition) is 0. The minimum atomic E-state index is -1.45. The number of rotatable bonds is 3. The summed E-state index contributed by atoms with van der Waals surface area (Å²) in [5.41, 5.74) is 2.61. The molecule has 0 spiro atoms. The quantitative estimate of drug-likeness (QED) is 0.549. The highest BCUT2D eigenvalue weighted by Gasteiger charge is 2.21. The maximum absolute atomic E-state index is 13.4. The molecule has 0 saturated heterocycles. The summed E-state index contributed by atoms with van der Waals surface area (Å²) < 4.78 is 13.4. The van der Waals surface area contributed by atoms with Crippen LogP contribution < -0.4 is 0 Å². The van der Waals surface area contributed by atoms with E-state index >= 15 is 0 Å². The lowest BCUT2D eigenvalue weighted by molar-refractivity contribution is 0.615. The highest BCUT2D eigenvalue weighted by molar-refractivity contribution is 6.82. The third kappa shape index (κ3) is 3.10. The molecule has 0 aliphatic rings. The van der Waals surface area contributed by atoms with Crippen LogP contribution in [-0.2, 0) is 6.04 Å². The Labute approximate surface area is 91.1 Å². The SMILES string of the molecule is Cc1ccc(F)c(C[Si](C)(C)CCl)c1. The van der Waals surface area contributed by atoms with Gasteiger partial charge in [0.25, 0.3) is 0 Å². The fourth-order valence-corrected chi connectivity index (χ4v) is 3.08. The van der Waals surface area contributed by atoms with Crippen molar-refractivity contribution < 1.29 is 4.39 Å². The fourth-order valence-electron chi connectivity index (χ4n) is 1.40. The summed E-state index contributed by atoms with van der Waals surface area (Å²) in [7, 11) is -1.45. The summed E-state index contributed by atoms with van der Waals surface area (Å²) in [4.78, 5) is 0. The summed E-state index contributed by atoms with van der Waals surface area (Å²) in [6.07, 6.45) is 0. The van der Waals surface area contributed by atoms with E-state index in [2.05, 4.69) is 13.1 Å². The molecule has 0 heterocycles. The third-order valence-electron chi connectivity index (χ3n) is 2.23. The van der Waals surface area contributed by atoms with E-state index in [1.807, 2.05) is 13.0 Å². The van der Waals surface area contributed by atoms with E-state index in [1.54, 1.807) is 12.1 Å². The van der Waals surface area contributed by atoms with E-state index in [4.69, 9.17) is 11.6 Å². The van der Waals surface area contributed by atoms with Crippen molar-refractivity contribution in [2.24, 2.45) is 0 Å². The summed E-state index contributed by atoms with van der Waals surface area (Å²) in [6.45, 7) is 6.35. The molecule has 0 saturated carbocycles. The number of aryl methyl sites for hydroxylation is 1. The first-order valence-electron chi connectivity index (χ1n) is 4.75. The lowest BCUT2D eigenvalue weighted by Gasteiger charge is -2.19. The van der Waals surface area contributed by atoms with Gasteiger partial charge in [-0.25, -0.2) is 4.39 Å². The molecule has 78 valence electrons. The monoisotopic (exact) mass is 230 g/mol. The second kappa shape index (κ2) is 4.45.